The van der Waals surface area contributed by atoms with E-state index < -0.39 is 78.8 Å². The second-order valence-corrected chi connectivity index (χ2v) is 14.7. The summed E-state index contributed by atoms with van der Waals surface area (Å²) >= 11 is 12.7. The second-order valence-electron chi connectivity index (χ2n) is 12.3. The van der Waals surface area contributed by atoms with E-state index in [4.69, 9.17) is 27.9 Å². The fraction of sp³-hybridized carbons (Fsp3) is 0.741. The van der Waals surface area contributed by atoms with Crippen LogP contribution in [0.4, 0.5) is 13.2 Å². The molecule has 0 radical (unpaired) electrons. The van der Waals surface area contributed by atoms with Crippen molar-refractivity contribution in [2.45, 2.75) is 87.7 Å². The van der Waals surface area contributed by atoms with Crippen LogP contribution in [0.15, 0.2) is 23.3 Å². The van der Waals surface area contributed by atoms with Gasteiger partial charge in [0.15, 0.2) is 17.1 Å². The van der Waals surface area contributed by atoms with E-state index in [0.717, 1.165) is 6.08 Å². The van der Waals surface area contributed by atoms with Crippen LogP contribution in [0.3, 0.4) is 0 Å². The number of carbonyl (C=O) groups is 3. The Hall–Kier alpha value is -1.03. The minimum absolute atomic E-state index is 0.00326. The molecule has 0 aromatic carbocycles. The van der Waals surface area contributed by atoms with Gasteiger partial charge in [0.2, 0.25) is 5.12 Å². The van der Waals surface area contributed by atoms with Gasteiger partial charge >= 0.3 is 5.97 Å². The molecule has 0 heterocycles. The Bertz CT molecular complexity index is 1190. The molecule has 5 aliphatic rings. The highest BCUT2D eigenvalue weighted by atomic mass is 35.5. The number of allylic oxidation sites excluding steroid dienone is 4. The van der Waals surface area contributed by atoms with E-state index in [1.54, 1.807) is 6.92 Å². The Balaban J connectivity index is 1.60. The Labute approximate surface area is 233 Å². The van der Waals surface area contributed by atoms with Gasteiger partial charge in [-0.3, -0.25) is 14.4 Å². The highest BCUT2D eigenvalue weighted by Crippen LogP contribution is 2.72. The average Bonchev–Trinajstić information content (AvgIpc) is 3.21. The van der Waals surface area contributed by atoms with Crippen molar-refractivity contribution in [3.63, 3.8) is 0 Å². The monoisotopic (exact) mass is 594 g/mol. The van der Waals surface area contributed by atoms with Crippen molar-refractivity contribution >= 4 is 51.8 Å². The van der Waals surface area contributed by atoms with E-state index in [1.165, 1.54) is 26.8 Å². The van der Waals surface area contributed by atoms with Gasteiger partial charge in [0.05, 0.1) is 6.10 Å². The van der Waals surface area contributed by atoms with Crippen LogP contribution in [0.5, 0.6) is 0 Å². The molecule has 5 aliphatic carbocycles. The molecule has 0 saturated heterocycles. The molecule has 0 aromatic heterocycles. The standard InChI is InChI=1S/C27H31Cl2F3O5S/c1-13-9-23(3)16(8-18(13)33)17(31)7-15-14-5-6-25(21(36)38-12-30,22(14,2)10-19(34)27(15,23)32)37-20(35)24(4)11-26(24,28)29/h8-9,14-15,17,19,34H,5-7,10-12H2,1-4H3/t14-,15-,17-,19-,22-,23-,24?,25-,27-/m0/s1. The molecule has 11 heteroatoms. The second kappa shape index (κ2) is 8.49. The van der Waals surface area contributed by atoms with Gasteiger partial charge in [-0.25, -0.2) is 13.2 Å². The fourth-order valence-electron chi connectivity index (χ4n) is 8.07. The van der Waals surface area contributed by atoms with Gasteiger partial charge in [-0.2, -0.15) is 0 Å². The van der Waals surface area contributed by atoms with Crippen LogP contribution in [0.2, 0.25) is 0 Å². The number of aliphatic hydroxyl groups excluding tert-OH is 1. The summed E-state index contributed by atoms with van der Waals surface area (Å²) in [5, 5.41) is 10.8. The molecule has 1 N–H and O–H groups in total. The SMILES string of the molecule is CC1=C[C@@]2(C)C(=CC1=O)[C@@H](F)C[C@H]1[C@@H]3CC[C@](OC(=O)C4(C)CC4(Cl)Cl)(C(=O)SCF)[C@@]3(C)C[C@H](O)[C@@]12F. The van der Waals surface area contributed by atoms with Crippen molar-refractivity contribution < 1.29 is 37.4 Å². The van der Waals surface area contributed by atoms with E-state index in [2.05, 4.69) is 0 Å². The molecule has 0 bridgehead atoms. The van der Waals surface area contributed by atoms with Crippen LogP contribution in [-0.4, -0.2) is 55.9 Å². The molecule has 4 fully saturated rings. The Morgan fingerprint density at radius 1 is 1.24 bits per heavy atom. The lowest BCUT2D eigenvalue weighted by atomic mass is 9.44. The van der Waals surface area contributed by atoms with E-state index in [0.29, 0.717) is 11.8 Å². The number of hydrogen-bond acceptors (Lipinski definition) is 6. The number of halogens is 5. The number of hydrogen-bond donors (Lipinski definition) is 1. The zero-order valence-corrected chi connectivity index (χ0v) is 23.9. The van der Waals surface area contributed by atoms with E-state index in [1.807, 2.05) is 0 Å². The third-order valence-electron chi connectivity index (χ3n) is 10.5. The number of rotatable bonds is 4. The van der Waals surface area contributed by atoms with Gasteiger partial charge in [-0.1, -0.05) is 13.0 Å². The summed E-state index contributed by atoms with van der Waals surface area (Å²) in [6.45, 7) is 6.17. The summed E-state index contributed by atoms with van der Waals surface area (Å²) < 4.78 is 51.2. The molecule has 0 spiro atoms. The first-order valence-corrected chi connectivity index (χ1v) is 14.5. The first-order valence-electron chi connectivity index (χ1n) is 12.8. The maximum Gasteiger partial charge on any atom is 0.316 e. The number of carbonyl (C=O) groups excluding carboxylic acids is 3. The molecule has 210 valence electrons. The molecule has 0 aromatic rings. The van der Waals surface area contributed by atoms with Crippen LogP contribution >= 0.6 is 35.0 Å². The smallest absolute Gasteiger partial charge is 0.316 e. The van der Waals surface area contributed by atoms with Crippen LogP contribution in [0.25, 0.3) is 0 Å². The summed E-state index contributed by atoms with van der Waals surface area (Å²) in [5.74, 6) is -2.97. The zero-order valence-electron chi connectivity index (χ0n) is 21.6. The third-order valence-corrected chi connectivity index (χ3v) is 12.3. The number of fused-ring (bicyclic) bond motifs is 5. The predicted molar refractivity (Wildman–Crippen MR) is 138 cm³/mol. The quantitative estimate of drug-likeness (QED) is 0.330. The maximum atomic E-state index is 17.5. The highest BCUT2D eigenvalue weighted by Gasteiger charge is 2.78. The van der Waals surface area contributed by atoms with Crippen molar-refractivity contribution in [2.75, 3.05) is 6.01 Å². The molecule has 5 nitrogen and oxygen atoms in total. The van der Waals surface area contributed by atoms with Crippen LogP contribution in [0, 0.1) is 28.1 Å². The van der Waals surface area contributed by atoms with Gasteiger partial charge in [-0.15, -0.1) is 23.2 Å². The largest absolute Gasteiger partial charge is 0.449 e. The number of alkyl halides is 5. The molecule has 0 amide bonds. The lowest BCUT2D eigenvalue weighted by molar-refractivity contribution is -0.227. The van der Waals surface area contributed by atoms with Gasteiger partial charge in [0.1, 0.15) is 21.9 Å². The maximum absolute atomic E-state index is 17.5. The van der Waals surface area contributed by atoms with Gasteiger partial charge in [0.25, 0.3) is 0 Å². The molecule has 9 atom stereocenters. The minimum Gasteiger partial charge on any atom is -0.449 e. The van der Waals surface area contributed by atoms with E-state index in [9.17, 15) is 23.9 Å². The Morgan fingerprint density at radius 2 is 1.87 bits per heavy atom. The summed E-state index contributed by atoms with van der Waals surface area (Å²) in [6, 6.07) is -1.07. The number of esters is 1. The minimum atomic E-state index is -2.35. The van der Waals surface area contributed by atoms with E-state index >= 15 is 8.78 Å². The van der Waals surface area contributed by atoms with Gasteiger partial charge in [0, 0.05) is 23.2 Å². The van der Waals surface area contributed by atoms with Gasteiger partial charge < -0.3 is 9.84 Å². The summed E-state index contributed by atoms with van der Waals surface area (Å²) in [7, 11) is 0. The van der Waals surface area contributed by atoms with Crippen molar-refractivity contribution in [2.24, 2.45) is 28.1 Å². The Kier molecular flexibility index (Phi) is 6.37. The predicted octanol–water partition coefficient (Wildman–Crippen LogP) is 5.75. The summed E-state index contributed by atoms with van der Waals surface area (Å²) in [4.78, 5) is 39.2. The lowest BCUT2D eigenvalue weighted by Gasteiger charge is -2.63. The number of thioether (sulfide) groups is 1. The van der Waals surface area contributed by atoms with Crippen molar-refractivity contribution in [3.05, 3.63) is 23.3 Å². The van der Waals surface area contributed by atoms with Gasteiger partial charge in [-0.05, 0) is 81.4 Å². The molecule has 4 saturated carbocycles. The molecular formula is C27H31Cl2F3O5S. The molecule has 0 aliphatic heterocycles. The van der Waals surface area contributed by atoms with E-state index in [-0.39, 0.29) is 43.3 Å². The van der Waals surface area contributed by atoms with Crippen LogP contribution in [0.1, 0.15) is 59.8 Å². The van der Waals surface area contributed by atoms with Crippen LogP contribution in [-0.2, 0) is 19.1 Å². The van der Waals surface area contributed by atoms with Crippen molar-refractivity contribution in [1.29, 1.82) is 0 Å². The summed E-state index contributed by atoms with van der Waals surface area (Å²) in [6.07, 6.45) is -1.14. The average molecular weight is 596 g/mol. The lowest BCUT2D eigenvalue weighted by Crippen LogP contribution is -2.70. The third kappa shape index (κ3) is 3.34. The number of aliphatic hydroxyl groups is 1. The molecule has 38 heavy (non-hydrogen) atoms. The van der Waals surface area contributed by atoms with Crippen LogP contribution < -0.4 is 0 Å². The fourth-order valence-corrected chi connectivity index (χ4v) is 9.47. The summed E-state index contributed by atoms with van der Waals surface area (Å²) in [5.41, 5.74) is -8.19. The highest BCUT2D eigenvalue weighted by molar-refractivity contribution is 8.13. The first kappa shape index (κ1) is 28.5. The van der Waals surface area contributed by atoms with Crippen molar-refractivity contribution in [3.8, 4) is 0 Å². The molecular weight excluding hydrogens is 564 g/mol. The number of ketones is 1. The zero-order chi connectivity index (χ0) is 28.3. The molecule has 1 unspecified atom stereocenters. The topological polar surface area (TPSA) is 80.7 Å². The molecule has 5 rings (SSSR count). The Morgan fingerprint density at radius 3 is 2.45 bits per heavy atom. The first-order chi connectivity index (χ1) is 17.4. The van der Waals surface area contributed by atoms with Crippen molar-refractivity contribution in [1.82, 2.24) is 0 Å². The number of ether oxygens (including phenoxy) is 1. The normalized spacial score (nSPS) is 48.7.